The Bertz CT molecular complexity index is 2640. The lowest BCUT2D eigenvalue weighted by atomic mass is 9.91. The Hall–Kier alpha value is -6.70. The van der Waals surface area contributed by atoms with Gasteiger partial charge in [-0.3, -0.25) is 52.7 Å². The van der Waals surface area contributed by atoms with Gasteiger partial charge in [-0.25, -0.2) is 4.79 Å². The highest BCUT2D eigenvalue weighted by Gasteiger charge is 2.46. The van der Waals surface area contributed by atoms with Crippen molar-refractivity contribution in [2.45, 2.75) is 255 Å². The minimum absolute atomic E-state index is 0.0365. The zero-order valence-corrected chi connectivity index (χ0v) is 62.6. The second-order valence-corrected chi connectivity index (χ2v) is 29.4. The van der Waals surface area contributed by atoms with Crippen molar-refractivity contribution in [3.8, 4) is 0 Å². The summed E-state index contributed by atoms with van der Waals surface area (Å²) >= 11 is 0. The van der Waals surface area contributed by atoms with Crippen LogP contribution >= 0.6 is 0 Å². The number of esters is 1. The molecule has 1 fully saturated rings. The molecule has 544 valence electrons. The lowest BCUT2D eigenvalue weighted by Gasteiger charge is -2.41. The maximum Gasteiger partial charge on any atom is 0.332 e. The molecule has 1 saturated heterocycles. The van der Waals surface area contributed by atoms with E-state index >= 15 is 28.8 Å². The minimum Gasteiger partial charge on any atom is -0.458 e. The van der Waals surface area contributed by atoms with E-state index in [4.69, 9.17) is 9.47 Å². The van der Waals surface area contributed by atoms with E-state index in [0.717, 1.165) is 14.7 Å². The summed E-state index contributed by atoms with van der Waals surface area (Å²) in [5.41, 5.74) is -0.913. The van der Waals surface area contributed by atoms with E-state index < -0.39 is 180 Å². The summed E-state index contributed by atoms with van der Waals surface area (Å²) in [6.07, 6.45) is 2.53. The number of nitrogens with one attached hydrogen (secondary N) is 4. The fourth-order valence-corrected chi connectivity index (χ4v) is 11.6. The molecule has 1 heterocycles. The summed E-state index contributed by atoms with van der Waals surface area (Å²) in [6, 6.07) is -14.7. The van der Waals surface area contributed by atoms with Crippen LogP contribution in [0.4, 0.5) is 0 Å². The van der Waals surface area contributed by atoms with E-state index in [1.165, 1.54) is 82.8 Å². The van der Waals surface area contributed by atoms with Gasteiger partial charge in [0.2, 0.25) is 65.0 Å². The number of likely N-dealkylation sites (N-methyl/N-ethyl adjacent to an activating group) is 7. The first kappa shape index (κ1) is 86.3. The normalized spacial score (nSPS) is 26.2. The summed E-state index contributed by atoms with van der Waals surface area (Å²) in [4.78, 5) is 185. The number of aliphatic hydroxyl groups is 1. The molecule has 1 aliphatic rings. The Morgan fingerprint density at radius 2 is 0.884 bits per heavy atom. The maximum absolute atomic E-state index is 15.4. The Morgan fingerprint density at radius 1 is 0.484 bits per heavy atom. The Morgan fingerprint density at radius 3 is 1.33 bits per heavy atom. The molecule has 0 aliphatic carbocycles. The molecule has 0 spiro atoms. The van der Waals surface area contributed by atoms with Gasteiger partial charge in [0.25, 0.3) is 0 Å². The summed E-state index contributed by atoms with van der Waals surface area (Å²) in [5.74, 6) is -11.7. The van der Waals surface area contributed by atoms with Crippen molar-refractivity contribution >= 4 is 70.9 Å². The topological polar surface area (TPSA) is 314 Å². The zero-order chi connectivity index (χ0) is 73.8. The summed E-state index contributed by atoms with van der Waals surface area (Å²) in [5, 5.41) is 23.3. The number of carbonyl (C=O) groups excluding carboxylic acids is 12. The van der Waals surface area contributed by atoms with Gasteiger partial charge in [0.1, 0.15) is 78.7 Å². The molecule has 1 aliphatic heterocycles. The molecule has 5 N–H and O–H groups in total. The first-order chi connectivity index (χ1) is 43.7. The van der Waals surface area contributed by atoms with E-state index in [2.05, 4.69) is 21.3 Å². The highest BCUT2D eigenvalue weighted by molar-refractivity contribution is 6.00. The maximum atomic E-state index is 15.4. The zero-order valence-electron chi connectivity index (χ0n) is 62.6. The van der Waals surface area contributed by atoms with Crippen LogP contribution in [-0.2, 0) is 67.0 Å². The monoisotopic (exact) mass is 1350 g/mol. The molecule has 1 rings (SSSR count). The van der Waals surface area contributed by atoms with E-state index in [9.17, 15) is 33.9 Å². The van der Waals surface area contributed by atoms with Gasteiger partial charge in [-0.1, -0.05) is 109 Å². The van der Waals surface area contributed by atoms with Gasteiger partial charge >= 0.3 is 5.97 Å². The van der Waals surface area contributed by atoms with Crippen LogP contribution in [0, 0.1) is 41.4 Å². The van der Waals surface area contributed by atoms with Crippen molar-refractivity contribution in [1.82, 2.24) is 55.6 Å². The van der Waals surface area contributed by atoms with Crippen molar-refractivity contribution in [2.75, 3.05) is 62.5 Å². The molecule has 0 aromatic heterocycles. The van der Waals surface area contributed by atoms with Crippen LogP contribution in [0.1, 0.15) is 177 Å². The molecule has 0 unspecified atom stereocenters. The summed E-state index contributed by atoms with van der Waals surface area (Å²) < 4.78 is 11.3. The highest BCUT2D eigenvalue weighted by Crippen LogP contribution is 2.26. The first-order valence-corrected chi connectivity index (χ1v) is 33.9. The van der Waals surface area contributed by atoms with Crippen LogP contribution in [0.25, 0.3) is 0 Å². The van der Waals surface area contributed by atoms with Gasteiger partial charge in [-0.15, -0.1) is 0 Å². The molecule has 0 saturated carbocycles. The van der Waals surface area contributed by atoms with E-state index in [-0.39, 0.29) is 62.2 Å². The first-order valence-electron chi connectivity index (χ1n) is 33.9. The number of allylic oxidation sites excluding steroid dienone is 2. The molecule has 95 heavy (non-hydrogen) atoms. The standard InChI is InChI=1S/C69H123N11O15/c1-28-30-31-44(15)57(82)56-61(86)72-47(29-2)63(88)78(25)52(36-94-37-53(81)95-69(18,19)20)66(91)74(21)49(33-39(5)6)60(85)73-54(42(11)12)67(92)75(22)48(32-38(3)4)59(84)70-45(16)58(83)71-46(17)62(87)76(23)50(34-40(7)8)64(89)77(24)51(35-41(9)10)65(90)79(26)55(43(13)14)68(93)80(56)27/h28,30,38-52,54-57,82H,29,31-37H2,1-27H3,(H,70,84)(H,71,83)(H,72,86)(H,73,85)/b30-28+/t44-,45+,46-,47+,48+,49+,50+,51+,52-,54+,55+,56+,57-/m1/s1. The average Bonchev–Trinajstić information content (AvgIpc) is 0.813. The van der Waals surface area contributed by atoms with Crippen molar-refractivity contribution < 1.29 is 72.1 Å². The molecular weight excluding hydrogens is 1220 g/mol. The van der Waals surface area contributed by atoms with Crippen LogP contribution in [0.3, 0.4) is 0 Å². The van der Waals surface area contributed by atoms with Crippen LogP contribution < -0.4 is 21.3 Å². The molecule has 0 aromatic rings. The van der Waals surface area contributed by atoms with Gasteiger partial charge in [-0.2, -0.15) is 0 Å². The van der Waals surface area contributed by atoms with Crippen molar-refractivity contribution in [3.63, 3.8) is 0 Å². The number of nitrogens with zero attached hydrogens (tertiary/aromatic N) is 7. The number of hydrogen-bond donors (Lipinski definition) is 5. The number of hydrogen-bond acceptors (Lipinski definition) is 15. The molecule has 13 atom stereocenters. The second kappa shape index (κ2) is 38.9. The molecular formula is C69H123N11O15. The molecule has 26 nitrogen and oxygen atoms in total. The molecule has 0 aromatic carbocycles. The van der Waals surface area contributed by atoms with Crippen LogP contribution in [0.15, 0.2) is 12.2 Å². The van der Waals surface area contributed by atoms with Crippen molar-refractivity contribution in [3.05, 3.63) is 12.2 Å². The number of ether oxygens (including phenoxy) is 2. The van der Waals surface area contributed by atoms with Gasteiger partial charge in [0.05, 0.1) is 12.7 Å². The quantitative estimate of drug-likeness (QED) is 0.0902. The lowest BCUT2D eigenvalue weighted by Crippen LogP contribution is -2.64. The van der Waals surface area contributed by atoms with E-state index in [1.807, 2.05) is 55.4 Å². The summed E-state index contributed by atoms with van der Waals surface area (Å²) in [6.45, 7) is 33.2. The number of rotatable bonds is 19. The summed E-state index contributed by atoms with van der Waals surface area (Å²) in [7, 11) is 9.66. The molecule has 0 radical (unpaired) electrons. The molecule has 0 bridgehead atoms. The SMILES string of the molecule is C/C=C/C[C@@H](C)[C@@H](O)[C@H]1C(=O)N[C@@H](CC)C(=O)N(C)[C@H](COCC(=O)OC(C)(C)C)C(=O)N(C)[C@@H](CC(C)C)C(=O)N[C@@H](C(C)C)C(=O)N(C)[C@@H](CC(C)C)C(=O)N[C@@H](C)C(=O)N[C@H](C)C(=O)N(C)[C@@H](CC(C)C)C(=O)N(C)[C@@H](CC(C)C)C(=O)N(C)[C@@H](C(C)C)C(=O)N1C. The Balaban J connectivity index is 4.58. The predicted octanol–water partition coefficient (Wildman–Crippen LogP) is 4.00. The lowest BCUT2D eigenvalue weighted by molar-refractivity contribution is -0.163. The minimum atomic E-state index is -1.70. The fraction of sp³-hybridized carbons (Fsp3) is 0.797. The predicted molar refractivity (Wildman–Crippen MR) is 364 cm³/mol. The van der Waals surface area contributed by atoms with Crippen molar-refractivity contribution in [2.24, 2.45) is 41.4 Å². The third-order valence-electron chi connectivity index (χ3n) is 17.3. The Labute approximate surface area is 567 Å². The average molecular weight is 1350 g/mol. The van der Waals surface area contributed by atoms with Crippen LogP contribution in [0.5, 0.6) is 0 Å². The number of carbonyl (C=O) groups is 12. The highest BCUT2D eigenvalue weighted by atomic mass is 16.6. The second-order valence-electron chi connectivity index (χ2n) is 29.4. The third-order valence-corrected chi connectivity index (χ3v) is 17.3. The molecule has 26 heteroatoms. The molecule has 11 amide bonds. The van der Waals surface area contributed by atoms with Crippen molar-refractivity contribution in [1.29, 1.82) is 0 Å². The Kier molecular flexibility index (Phi) is 35.3. The third kappa shape index (κ3) is 25.3. The van der Waals surface area contributed by atoms with E-state index in [0.29, 0.717) is 0 Å². The number of amides is 11. The smallest absolute Gasteiger partial charge is 0.332 e. The fourth-order valence-electron chi connectivity index (χ4n) is 11.6. The van der Waals surface area contributed by atoms with E-state index in [1.54, 1.807) is 81.4 Å². The van der Waals surface area contributed by atoms with Crippen LogP contribution in [0.2, 0.25) is 0 Å². The van der Waals surface area contributed by atoms with Gasteiger partial charge in [0, 0.05) is 49.3 Å². The van der Waals surface area contributed by atoms with Gasteiger partial charge in [0.15, 0.2) is 0 Å². The van der Waals surface area contributed by atoms with Gasteiger partial charge < -0.3 is 70.1 Å². The number of aliphatic hydroxyl groups excluding tert-OH is 1. The van der Waals surface area contributed by atoms with Crippen LogP contribution in [-0.4, -0.2) is 251 Å². The van der Waals surface area contributed by atoms with Gasteiger partial charge in [-0.05, 0) is 121 Å². The largest absolute Gasteiger partial charge is 0.458 e.